The summed E-state index contributed by atoms with van der Waals surface area (Å²) in [5.74, 6) is 0. The highest BCUT2D eigenvalue weighted by Gasteiger charge is 2.14. The minimum Gasteiger partial charge on any atom is -0.339 e. The Morgan fingerprint density at radius 1 is 1.28 bits per heavy atom. The van der Waals surface area contributed by atoms with Crippen molar-refractivity contribution in [3.63, 3.8) is 0 Å². The summed E-state index contributed by atoms with van der Waals surface area (Å²) >= 11 is 5.30. The second kappa shape index (κ2) is 4.88. The molecule has 4 heteroatoms. The monoisotopic (exact) mass is 320 g/mol. The van der Waals surface area contributed by atoms with Gasteiger partial charge in [-0.2, -0.15) is 11.3 Å². The van der Waals surface area contributed by atoms with E-state index in [1.54, 1.807) is 11.3 Å². The molecule has 1 atom stereocenters. The Kier molecular flexibility index (Phi) is 3.24. The van der Waals surface area contributed by atoms with Gasteiger partial charge in [0, 0.05) is 28.1 Å². The van der Waals surface area contributed by atoms with Crippen LogP contribution in [0.5, 0.6) is 0 Å². The third-order valence-electron chi connectivity index (χ3n) is 3.20. The number of nitrogens with zero attached hydrogens (tertiary/aromatic N) is 1. The highest BCUT2D eigenvalue weighted by Crippen LogP contribution is 2.29. The topological polar surface area (TPSA) is 30.9 Å². The summed E-state index contributed by atoms with van der Waals surface area (Å²) in [4.78, 5) is 0. The molecule has 0 fully saturated rings. The van der Waals surface area contributed by atoms with Crippen LogP contribution in [-0.4, -0.2) is 11.1 Å². The minimum atomic E-state index is 0.211. The van der Waals surface area contributed by atoms with Crippen LogP contribution in [-0.2, 0) is 0 Å². The van der Waals surface area contributed by atoms with Gasteiger partial charge in [0.25, 0.3) is 0 Å². The zero-order valence-corrected chi connectivity index (χ0v) is 12.1. The fourth-order valence-electron chi connectivity index (χ4n) is 2.30. The molecule has 2 nitrogen and oxygen atoms in total. The summed E-state index contributed by atoms with van der Waals surface area (Å²) in [5, 5.41) is 5.49. The normalized spacial score (nSPS) is 13.0. The number of halogens is 1. The van der Waals surface area contributed by atoms with E-state index in [0.717, 1.165) is 4.47 Å². The van der Waals surface area contributed by atoms with E-state index >= 15 is 0 Å². The average molecular weight is 321 g/mol. The fourth-order valence-corrected chi connectivity index (χ4v) is 3.49. The second-order valence-electron chi connectivity index (χ2n) is 4.20. The molecule has 0 radical (unpaired) electrons. The Balaban J connectivity index is 2.16. The van der Waals surface area contributed by atoms with Crippen LogP contribution in [0, 0.1) is 0 Å². The maximum absolute atomic E-state index is 5.96. The lowest BCUT2D eigenvalue weighted by Crippen LogP contribution is -2.19. The predicted octanol–water partition coefficient (Wildman–Crippen LogP) is 4.01. The van der Waals surface area contributed by atoms with E-state index in [9.17, 15) is 0 Å². The van der Waals surface area contributed by atoms with E-state index in [2.05, 4.69) is 67.8 Å². The van der Waals surface area contributed by atoms with Gasteiger partial charge in [-0.25, -0.2) is 0 Å². The highest BCUT2D eigenvalue weighted by molar-refractivity contribution is 9.10. The molecule has 1 aromatic carbocycles. The van der Waals surface area contributed by atoms with Gasteiger partial charge in [-0.05, 0) is 40.6 Å². The number of hydrogen-bond acceptors (Lipinski definition) is 2. The molecule has 2 heterocycles. The van der Waals surface area contributed by atoms with E-state index in [4.69, 9.17) is 5.73 Å². The molecule has 0 spiro atoms. The molecule has 0 saturated heterocycles. The lowest BCUT2D eigenvalue weighted by Gasteiger charge is -2.17. The molecular formula is C14H13BrN2S. The van der Waals surface area contributed by atoms with Gasteiger partial charge in [0.05, 0.1) is 6.04 Å². The van der Waals surface area contributed by atoms with E-state index < -0.39 is 0 Å². The maximum atomic E-state index is 5.96. The van der Waals surface area contributed by atoms with Crippen LogP contribution in [0.3, 0.4) is 0 Å². The molecule has 92 valence electrons. The first-order valence-electron chi connectivity index (χ1n) is 5.78. The first kappa shape index (κ1) is 12.0. The number of thiophene rings is 1. The van der Waals surface area contributed by atoms with Gasteiger partial charge in [0.15, 0.2) is 0 Å². The third kappa shape index (κ3) is 1.90. The standard InChI is InChI=1S/C14H13BrN2S/c15-12-2-1-3-13-11(12)4-6-17(13)14(8-16)10-5-7-18-9-10/h1-7,9,14H,8,16H2. The summed E-state index contributed by atoms with van der Waals surface area (Å²) in [6, 6.07) is 10.7. The van der Waals surface area contributed by atoms with Crippen molar-refractivity contribution in [2.24, 2.45) is 5.73 Å². The Labute approximate surface area is 118 Å². The quantitative estimate of drug-likeness (QED) is 0.776. The number of benzene rings is 1. The van der Waals surface area contributed by atoms with Crippen molar-refractivity contribution in [3.05, 3.63) is 57.3 Å². The van der Waals surface area contributed by atoms with Crippen LogP contribution < -0.4 is 5.73 Å². The molecule has 0 bridgehead atoms. The third-order valence-corrected chi connectivity index (χ3v) is 4.59. The average Bonchev–Trinajstić information content (AvgIpc) is 3.01. The Hall–Kier alpha value is -1.10. The predicted molar refractivity (Wildman–Crippen MR) is 81.2 cm³/mol. The summed E-state index contributed by atoms with van der Waals surface area (Å²) in [6.45, 7) is 0.604. The van der Waals surface area contributed by atoms with Gasteiger partial charge >= 0.3 is 0 Å². The lowest BCUT2D eigenvalue weighted by atomic mass is 10.1. The van der Waals surface area contributed by atoms with Crippen LogP contribution in [0.2, 0.25) is 0 Å². The van der Waals surface area contributed by atoms with Crippen molar-refractivity contribution in [3.8, 4) is 0 Å². The van der Waals surface area contributed by atoms with Crippen molar-refractivity contribution < 1.29 is 0 Å². The molecule has 2 N–H and O–H groups in total. The van der Waals surface area contributed by atoms with Crippen molar-refractivity contribution in [1.82, 2.24) is 4.57 Å². The summed E-state index contributed by atoms with van der Waals surface area (Å²) in [5.41, 5.74) is 8.45. The summed E-state index contributed by atoms with van der Waals surface area (Å²) in [6.07, 6.45) is 2.12. The molecule has 0 amide bonds. The SMILES string of the molecule is NCC(c1ccsc1)n1ccc2c(Br)cccc21. The number of aromatic nitrogens is 1. The van der Waals surface area contributed by atoms with Crippen LogP contribution in [0.15, 0.2) is 51.8 Å². The second-order valence-corrected chi connectivity index (χ2v) is 5.84. The van der Waals surface area contributed by atoms with Gasteiger partial charge in [-0.1, -0.05) is 22.0 Å². The van der Waals surface area contributed by atoms with E-state index in [1.165, 1.54) is 16.5 Å². The molecule has 0 aliphatic rings. The molecule has 18 heavy (non-hydrogen) atoms. The zero-order chi connectivity index (χ0) is 12.5. The van der Waals surface area contributed by atoms with Crippen LogP contribution in [0.4, 0.5) is 0 Å². The molecule has 2 aromatic heterocycles. The zero-order valence-electron chi connectivity index (χ0n) is 9.71. The van der Waals surface area contributed by atoms with Crippen molar-refractivity contribution in [2.45, 2.75) is 6.04 Å². The molecular weight excluding hydrogens is 308 g/mol. The first-order valence-corrected chi connectivity index (χ1v) is 7.52. The van der Waals surface area contributed by atoms with Gasteiger partial charge in [0.1, 0.15) is 0 Å². The molecule has 3 aromatic rings. The first-order chi connectivity index (χ1) is 8.81. The van der Waals surface area contributed by atoms with Gasteiger partial charge in [-0.3, -0.25) is 0 Å². The fraction of sp³-hybridized carbons (Fsp3) is 0.143. The largest absolute Gasteiger partial charge is 0.339 e. The molecule has 3 rings (SSSR count). The number of hydrogen-bond donors (Lipinski definition) is 1. The number of nitrogens with two attached hydrogens (primary N) is 1. The van der Waals surface area contributed by atoms with Crippen LogP contribution in [0.25, 0.3) is 10.9 Å². The van der Waals surface area contributed by atoms with Gasteiger partial charge in [0.2, 0.25) is 0 Å². The molecule has 1 unspecified atom stereocenters. The number of rotatable bonds is 3. The maximum Gasteiger partial charge on any atom is 0.0716 e. The molecule has 0 aliphatic carbocycles. The lowest BCUT2D eigenvalue weighted by molar-refractivity contribution is 0.617. The molecule has 0 saturated carbocycles. The number of fused-ring (bicyclic) bond motifs is 1. The van der Waals surface area contributed by atoms with E-state index in [0.29, 0.717) is 6.54 Å². The van der Waals surface area contributed by atoms with Gasteiger partial charge in [-0.15, -0.1) is 0 Å². The van der Waals surface area contributed by atoms with Crippen molar-refractivity contribution in [2.75, 3.05) is 6.54 Å². The highest BCUT2D eigenvalue weighted by atomic mass is 79.9. The molecule has 0 aliphatic heterocycles. The van der Waals surface area contributed by atoms with Gasteiger partial charge < -0.3 is 10.3 Å². The van der Waals surface area contributed by atoms with E-state index in [-0.39, 0.29) is 6.04 Å². The van der Waals surface area contributed by atoms with Crippen molar-refractivity contribution >= 4 is 38.2 Å². The Morgan fingerprint density at radius 2 is 2.17 bits per heavy atom. The van der Waals surface area contributed by atoms with Crippen molar-refractivity contribution in [1.29, 1.82) is 0 Å². The smallest absolute Gasteiger partial charge is 0.0716 e. The summed E-state index contributed by atoms with van der Waals surface area (Å²) < 4.78 is 3.38. The van der Waals surface area contributed by atoms with Crippen LogP contribution >= 0.6 is 27.3 Å². The minimum absolute atomic E-state index is 0.211. The Morgan fingerprint density at radius 3 is 2.89 bits per heavy atom. The Bertz CT molecular complexity index is 658. The van der Waals surface area contributed by atoms with E-state index in [1.807, 2.05) is 0 Å². The summed E-state index contributed by atoms with van der Waals surface area (Å²) in [7, 11) is 0. The van der Waals surface area contributed by atoms with Crippen LogP contribution in [0.1, 0.15) is 11.6 Å².